The number of carboxylic acid groups (broad SMARTS) is 2. The van der Waals surface area contributed by atoms with Gasteiger partial charge in [-0.1, -0.05) is 101 Å². The van der Waals surface area contributed by atoms with Crippen molar-refractivity contribution < 1.29 is 24.9 Å². The first-order valence-electron chi connectivity index (χ1n) is 11.9. The summed E-state index contributed by atoms with van der Waals surface area (Å²) < 4.78 is 0. The molecule has 0 bridgehead atoms. The Labute approximate surface area is 187 Å². The summed E-state index contributed by atoms with van der Waals surface area (Å²) in [6, 6.07) is 0. The van der Waals surface area contributed by atoms with E-state index in [4.69, 9.17) is 10.2 Å². The van der Waals surface area contributed by atoms with Gasteiger partial charge in [0, 0.05) is 5.57 Å². The van der Waals surface area contributed by atoms with Crippen molar-refractivity contribution in [3.8, 4) is 0 Å². The van der Waals surface area contributed by atoms with Crippen molar-refractivity contribution in [2.75, 3.05) is 0 Å². The van der Waals surface area contributed by atoms with E-state index in [0.29, 0.717) is 0 Å². The smallest absolute Gasteiger partial charge is 0.331 e. The molecule has 0 heterocycles. The van der Waals surface area contributed by atoms with E-state index in [1.165, 1.54) is 89.4 Å². The first kappa shape index (κ1) is 27.2. The quantitative estimate of drug-likeness (QED) is 0.445. The molecule has 2 aliphatic carbocycles. The number of hydrogen-bond acceptors (Lipinski definition) is 3. The second kappa shape index (κ2) is 14.2. The van der Waals surface area contributed by atoms with Gasteiger partial charge in [0.05, 0.1) is 11.0 Å². The molecule has 0 amide bonds. The first-order chi connectivity index (χ1) is 14.7. The molecule has 2 rings (SSSR count). The summed E-state index contributed by atoms with van der Waals surface area (Å²) in [6.45, 7) is 5.32. The van der Waals surface area contributed by atoms with Crippen LogP contribution in [-0.2, 0) is 9.59 Å². The summed E-state index contributed by atoms with van der Waals surface area (Å²) in [4.78, 5) is 21.3. The highest BCUT2D eigenvalue weighted by Gasteiger charge is 2.34. The molecule has 0 aromatic heterocycles. The van der Waals surface area contributed by atoms with Gasteiger partial charge in [-0.15, -0.1) is 6.58 Å². The minimum atomic E-state index is -1.08. The topological polar surface area (TPSA) is 94.8 Å². The van der Waals surface area contributed by atoms with Gasteiger partial charge < -0.3 is 15.3 Å². The lowest BCUT2D eigenvalue weighted by Crippen LogP contribution is -2.28. The fourth-order valence-electron chi connectivity index (χ4n) is 4.14. The van der Waals surface area contributed by atoms with E-state index in [1.54, 1.807) is 6.08 Å². The molecule has 1 unspecified atom stereocenters. The van der Waals surface area contributed by atoms with Crippen LogP contribution in [0.15, 0.2) is 36.5 Å². The van der Waals surface area contributed by atoms with Gasteiger partial charge in [-0.3, -0.25) is 4.79 Å². The molecule has 1 atom stereocenters. The van der Waals surface area contributed by atoms with Crippen molar-refractivity contribution >= 4 is 11.9 Å². The number of allylic oxidation sites excluding steroid dienone is 2. The molecule has 0 aliphatic heterocycles. The number of aliphatic carboxylic acids is 2. The largest absolute Gasteiger partial charge is 0.481 e. The zero-order valence-corrected chi connectivity index (χ0v) is 19.3. The number of hydrogen-bond donors (Lipinski definition) is 3. The van der Waals surface area contributed by atoms with Gasteiger partial charge in [0.25, 0.3) is 0 Å². The minimum absolute atomic E-state index is 0.0359. The second-order valence-electron chi connectivity index (χ2n) is 9.31. The monoisotopic (exact) mass is 434 g/mol. The van der Waals surface area contributed by atoms with Crippen LogP contribution in [0.5, 0.6) is 0 Å². The SMILES string of the molecule is C=CC1(O)CCCCCCCCCCCCCC1.CC1(C(=O)O)C=CC=C(C(=O)O)C1. The van der Waals surface area contributed by atoms with Gasteiger partial charge >= 0.3 is 11.9 Å². The molecule has 31 heavy (non-hydrogen) atoms. The Hall–Kier alpha value is -1.88. The third-order valence-electron chi connectivity index (χ3n) is 6.43. The maximum atomic E-state index is 10.8. The molecule has 5 nitrogen and oxygen atoms in total. The highest BCUT2D eigenvalue weighted by atomic mass is 16.4. The molecular weight excluding hydrogens is 392 g/mol. The number of rotatable bonds is 3. The third kappa shape index (κ3) is 10.8. The van der Waals surface area contributed by atoms with E-state index in [0.717, 1.165) is 25.7 Å². The maximum Gasteiger partial charge on any atom is 0.331 e. The van der Waals surface area contributed by atoms with E-state index in [-0.39, 0.29) is 12.0 Å². The van der Waals surface area contributed by atoms with Gasteiger partial charge in [-0.05, 0) is 26.2 Å². The van der Waals surface area contributed by atoms with Crippen molar-refractivity contribution in [3.05, 3.63) is 36.5 Å². The average Bonchev–Trinajstić information content (AvgIpc) is 2.74. The van der Waals surface area contributed by atoms with Crippen LogP contribution in [0.4, 0.5) is 0 Å². The zero-order chi connectivity index (χ0) is 23.2. The summed E-state index contributed by atoms with van der Waals surface area (Å²) in [5.41, 5.74) is -1.53. The van der Waals surface area contributed by atoms with E-state index >= 15 is 0 Å². The van der Waals surface area contributed by atoms with Gasteiger partial charge in [0.2, 0.25) is 0 Å². The molecule has 0 aromatic carbocycles. The molecular formula is C26H42O5. The van der Waals surface area contributed by atoms with Crippen LogP contribution in [0, 0.1) is 5.41 Å². The normalized spacial score (nSPS) is 25.5. The summed E-state index contributed by atoms with van der Waals surface area (Å²) in [6.07, 6.45) is 24.0. The summed E-state index contributed by atoms with van der Waals surface area (Å²) in [5, 5.41) is 27.9. The van der Waals surface area contributed by atoms with Crippen LogP contribution in [0.25, 0.3) is 0 Å². The van der Waals surface area contributed by atoms with Crippen molar-refractivity contribution in [1.29, 1.82) is 0 Å². The number of carbonyl (C=O) groups is 2. The molecule has 2 aliphatic rings. The summed E-state index contributed by atoms with van der Waals surface area (Å²) in [7, 11) is 0. The first-order valence-corrected chi connectivity index (χ1v) is 11.9. The van der Waals surface area contributed by atoms with Gasteiger partial charge in [-0.25, -0.2) is 4.79 Å². The average molecular weight is 435 g/mol. The molecule has 0 spiro atoms. The second-order valence-corrected chi connectivity index (χ2v) is 9.31. The van der Waals surface area contributed by atoms with Crippen LogP contribution in [0.3, 0.4) is 0 Å². The Bertz CT molecular complexity index is 618. The van der Waals surface area contributed by atoms with Gasteiger partial charge in [0.1, 0.15) is 0 Å². The molecule has 0 aromatic rings. The van der Waals surface area contributed by atoms with Crippen molar-refractivity contribution in [1.82, 2.24) is 0 Å². The van der Waals surface area contributed by atoms with E-state index in [9.17, 15) is 14.7 Å². The Morgan fingerprint density at radius 2 is 1.29 bits per heavy atom. The molecule has 0 saturated heterocycles. The molecule has 3 N–H and O–H groups in total. The van der Waals surface area contributed by atoms with Crippen LogP contribution >= 0.6 is 0 Å². The Kier molecular flexibility index (Phi) is 12.5. The van der Waals surface area contributed by atoms with Crippen LogP contribution in [0.2, 0.25) is 0 Å². The highest BCUT2D eigenvalue weighted by molar-refractivity contribution is 5.90. The fourth-order valence-corrected chi connectivity index (χ4v) is 4.14. The molecule has 1 fully saturated rings. The predicted molar refractivity (Wildman–Crippen MR) is 125 cm³/mol. The number of carboxylic acids is 2. The fraction of sp³-hybridized carbons (Fsp3) is 0.692. The highest BCUT2D eigenvalue weighted by Crippen LogP contribution is 2.31. The predicted octanol–water partition coefficient (Wildman–Crippen LogP) is 6.43. The van der Waals surface area contributed by atoms with Crippen LogP contribution < -0.4 is 0 Å². The Morgan fingerprint density at radius 3 is 1.65 bits per heavy atom. The van der Waals surface area contributed by atoms with Crippen molar-refractivity contribution in [2.24, 2.45) is 5.41 Å². The van der Waals surface area contributed by atoms with E-state index < -0.39 is 23.0 Å². The summed E-state index contributed by atoms with van der Waals surface area (Å²) >= 11 is 0. The lowest BCUT2D eigenvalue weighted by atomic mass is 9.80. The molecule has 5 heteroatoms. The van der Waals surface area contributed by atoms with Crippen LogP contribution in [0.1, 0.15) is 103 Å². The van der Waals surface area contributed by atoms with E-state index in [2.05, 4.69) is 6.58 Å². The van der Waals surface area contributed by atoms with Gasteiger partial charge in [0.15, 0.2) is 0 Å². The zero-order valence-electron chi connectivity index (χ0n) is 19.3. The maximum absolute atomic E-state index is 10.8. The Balaban J connectivity index is 0.000000327. The third-order valence-corrected chi connectivity index (χ3v) is 6.43. The lowest BCUT2D eigenvalue weighted by molar-refractivity contribution is -0.145. The molecule has 0 radical (unpaired) electrons. The molecule has 176 valence electrons. The summed E-state index contributed by atoms with van der Waals surface area (Å²) in [5.74, 6) is -2.06. The van der Waals surface area contributed by atoms with Crippen LogP contribution in [-0.4, -0.2) is 32.9 Å². The van der Waals surface area contributed by atoms with Gasteiger partial charge in [-0.2, -0.15) is 0 Å². The minimum Gasteiger partial charge on any atom is -0.481 e. The van der Waals surface area contributed by atoms with Crippen molar-refractivity contribution in [3.63, 3.8) is 0 Å². The van der Waals surface area contributed by atoms with E-state index in [1.807, 2.05) is 0 Å². The standard InChI is InChI=1S/C17H32O.C9H10O4/c1-2-17(18)15-13-11-9-7-5-3-4-6-8-10-12-14-16-17;1-9(8(12)13)4-2-3-6(5-9)7(10)11/h2,18H,1,3-16H2;2-4H,5H2,1H3,(H,10,11)(H,12,13). The Morgan fingerprint density at radius 1 is 0.871 bits per heavy atom. The lowest BCUT2D eigenvalue weighted by Gasteiger charge is -2.24. The molecule has 1 saturated carbocycles. The number of aliphatic hydroxyl groups is 1. The van der Waals surface area contributed by atoms with Crippen molar-refractivity contribution in [2.45, 2.75) is 109 Å².